The van der Waals surface area contributed by atoms with E-state index in [1.807, 2.05) is 0 Å². The van der Waals surface area contributed by atoms with Gasteiger partial charge in [-0.2, -0.15) is 0 Å². The SMILES string of the molecule is CCC(CC)CCP. The maximum atomic E-state index is 2.78. The molecule has 0 heterocycles. The molecule has 0 amide bonds. The van der Waals surface area contributed by atoms with Crippen LogP contribution in [0.4, 0.5) is 0 Å². The summed E-state index contributed by atoms with van der Waals surface area (Å²) in [6.07, 6.45) is 5.36. The number of hydrogen-bond donors (Lipinski definition) is 0. The molecule has 50 valence electrons. The second-order valence-corrected chi connectivity index (χ2v) is 2.84. The Morgan fingerprint density at radius 1 is 1.25 bits per heavy atom. The van der Waals surface area contributed by atoms with Crippen LogP contribution in [0.25, 0.3) is 0 Å². The van der Waals surface area contributed by atoms with Crippen LogP contribution in [0.1, 0.15) is 33.1 Å². The molecular weight excluding hydrogens is 115 g/mol. The summed E-state index contributed by atoms with van der Waals surface area (Å²) in [4.78, 5) is 0. The molecule has 0 aliphatic rings. The van der Waals surface area contributed by atoms with Crippen LogP contribution in [-0.2, 0) is 0 Å². The van der Waals surface area contributed by atoms with E-state index in [2.05, 4.69) is 23.1 Å². The molecule has 0 bridgehead atoms. The van der Waals surface area contributed by atoms with Crippen molar-refractivity contribution < 1.29 is 0 Å². The normalized spacial score (nSPS) is 10.5. The smallest absolute Gasteiger partial charge is 0.0379 e. The van der Waals surface area contributed by atoms with E-state index in [4.69, 9.17) is 0 Å². The van der Waals surface area contributed by atoms with Crippen LogP contribution < -0.4 is 0 Å². The molecule has 1 heteroatoms. The molecule has 0 aromatic carbocycles. The van der Waals surface area contributed by atoms with E-state index in [1.165, 1.54) is 25.4 Å². The van der Waals surface area contributed by atoms with Crippen molar-refractivity contribution in [3.63, 3.8) is 0 Å². The summed E-state index contributed by atoms with van der Waals surface area (Å²) >= 11 is 0. The van der Waals surface area contributed by atoms with E-state index in [0.717, 1.165) is 5.92 Å². The van der Waals surface area contributed by atoms with Gasteiger partial charge in [-0.25, -0.2) is 0 Å². The zero-order valence-corrected chi connectivity index (χ0v) is 7.14. The number of hydrogen-bond acceptors (Lipinski definition) is 0. The first-order valence-corrected chi connectivity index (χ1v) is 4.36. The van der Waals surface area contributed by atoms with Crippen molar-refractivity contribution in [2.45, 2.75) is 33.1 Å². The predicted molar refractivity (Wildman–Crippen MR) is 43.3 cm³/mol. The lowest BCUT2D eigenvalue weighted by atomic mass is 10.0. The molecule has 1 unspecified atom stereocenters. The first-order chi connectivity index (χ1) is 3.85. The zero-order chi connectivity index (χ0) is 6.41. The Balaban J connectivity index is 3.07. The first-order valence-electron chi connectivity index (χ1n) is 3.55. The van der Waals surface area contributed by atoms with Crippen molar-refractivity contribution in [2.24, 2.45) is 5.92 Å². The summed E-state index contributed by atoms with van der Waals surface area (Å²) in [5, 5.41) is 0. The van der Waals surface area contributed by atoms with Gasteiger partial charge in [0.1, 0.15) is 0 Å². The third-order valence-electron chi connectivity index (χ3n) is 1.73. The minimum Gasteiger partial charge on any atom is -0.138 e. The van der Waals surface area contributed by atoms with Crippen LogP contribution in [0, 0.1) is 5.92 Å². The van der Waals surface area contributed by atoms with Crippen LogP contribution in [0.3, 0.4) is 0 Å². The maximum Gasteiger partial charge on any atom is -0.0379 e. The van der Waals surface area contributed by atoms with Crippen molar-refractivity contribution in [2.75, 3.05) is 6.16 Å². The fraction of sp³-hybridized carbons (Fsp3) is 1.00. The molecule has 0 rings (SSSR count). The Morgan fingerprint density at radius 3 is 1.88 bits per heavy atom. The highest BCUT2D eigenvalue weighted by atomic mass is 31.0. The van der Waals surface area contributed by atoms with E-state index in [0.29, 0.717) is 0 Å². The van der Waals surface area contributed by atoms with Gasteiger partial charge in [0.05, 0.1) is 0 Å². The van der Waals surface area contributed by atoms with Gasteiger partial charge in [-0.3, -0.25) is 0 Å². The van der Waals surface area contributed by atoms with Crippen molar-refractivity contribution in [1.29, 1.82) is 0 Å². The van der Waals surface area contributed by atoms with Gasteiger partial charge in [0, 0.05) is 0 Å². The first kappa shape index (κ1) is 8.43. The fourth-order valence-electron chi connectivity index (χ4n) is 0.933. The Labute approximate surface area is 55.3 Å². The second kappa shape index (κ2) is 5.56. The molecule has 0 aromatic rings. The maximum absolute atomic E-state index is 2.78. The van der Waals surface area contributed by atoms with Crippen molar-refractivity contribution in [3.05, 3.63) is 0 Å². The molecule has 0 saturated heterocycles. The summed E-state index contributed by atoms with van der Waals surface area (Å²) in [6.45, 7) is 4.54. The molecule has 0 nitrogen and oxygen atoms in total. The zero-order valence-electron chi connectivity index (χ0n) is 5.98. The summed E-state index contributed by atoms with van der Waals surface area (Å²) < 4.78 is 0. The van der Waals surface area contributed by atoms with Crippen molar-refractivity contribution in [3.8, 4) is 0 Å². The Kier molecular flexibility index (Phi) is 5.86. The summed E-state index contributed by atoms with van der Waals surface area (Å²) in [6, 6.07) is 0. The average molecular weight is 132 g/mol. The molecule has 0 radical (unpaired) electrons. The van der Waals surface area contributed by atoms with Crippen LogP contribution in [0.2, 0.25) is 0 Å². The van der Waals surface area contributed by atoms with Gasteiger partial charge >= 0.3 is 0 Å². The second-order valence-electron chi connectivity index (χ2n) is 2.26. The van der Waals surface area contributed by atoms with Gasteiger partial charge in [-0.15, -0.1) is 9.24 Å². The molecule has 0 spiro atoms. The molecule has 0 fully saturated rings. The van der Waals surface area contributed by atoms with Gasteiger partial charge in [0.15, 0.2) is 0 Å². The van der Waals surface area contributed by atoms with Crippen LogP contribution in [0.15, 0.2) is 0 Å². The van der Waals surface area contributed by atoms with Crippen LogP contribution in [0.5, 0.6) is 0 Å². The van der Waals surface area contributed by atoms with E-state index in [1.54, 1.807) is 0 Å². The summed E-state index contributed by atoms with van der Waals surface area (Å²) in [7, 11) is 2.78. The highest BCUT2D eigenvalue weighted by Crippen LogP contribution is 2.12. The molecule has 1 atom stereocenters. The van der Waals surface area contributed by atoms with E-state index < -0.39 is 0 Å². The molecule has 0 aliphatic carbocycles. The fourth-order valence-corrected chi connectivity index (χ4v) is 1.40. The van der Waals surface area contributed by atoms with Crippen molar-refractivity contribution in [1.82, 2.24) is 0 Å². The molecule has 0 aromatic heterocycles. The molecule has 0 N–H and O–H groups in total. The predicted octanol–water partition coefficient (Wildman–Crippen LogP) is 2.69. The third kappa shape index (κ3) is 3.43. The topological polar surface area (TPSA) is 0 Å². The average Bonchev–Trinajstić information content (AvgIpc) is 1.83. The van der Waals surface area contributed by atoms with Gasteiger partial charge in [-0.1, -0.05) is 26.7 Å². The van der Waals surface area contributed by atoms with Crippen LogP contribution in [-0.4, -0.2) is 6.16 Å². The molecular formula is C7H17P. The Bertz CT molecular complexity index is 39.7. The van der Waals surface area contributed by atoms with Crippen molar-refractivity contribution >= 4 is 9.24 Å². The lowest BCUT2D eigenvalue weighted by Crippen LogP contribution is -1.95. The monoisotopic (exact) mass is 132 g/mol. The third-order valence-corrected chi connectivity index (χ3v) is 2.06. The quantitative estimate of drug-likeness (QED) is 0.516. The highest BCUT2D eigenvalue weighted by molar-refractivity contribution is 7.16. The molecule has 8 heavy (non-hydrogen) atoms. The lowest BCUT2D eigenvalue weighted by Gasteiger charge is -2.08. The van der Waals surface area contributed by atoms with E-state index in [-0.39, 0.29) is 0 Å². The lowest BCUT2D eigenvalue weighted by molar-refractivity contribution is 0.481. The Hall–Kier alpha value is 0.430. The van der Waals surface area contributed by atoms with Gasteiger partial charge in [0.2, 0.25) is 0 Å². The molecule has 0 aliphatic heterocycles. The van der Waals surface area contributed by atoms with E-state index >= 15 is 0 Å². The van der Waals surface area contributed by atoms with Gasteiger partial charge < -0.3 is 0 Å². The van der Waals surface area contributed by atoms with Gasteiger partial charge in [0.25, 0.3) is 0 Å². The molecule has 0 saturated carbocycles. The standard InChI is InChI=1S/C7H17P/c1-3-7(4-2)5-6-8/h7H,3-6,8H2,1-2H3. The van der Waals surface area contributed by atoms with Gasteiger partial charge in [-0.05, 0) is 18.5 Å². The summed E-state index contributed by atoms with van der Waals surface area (Å²) in [5.74, 6) is 0.979. The minimum absolute atomic E-state index is 0.979. The Morgan fingerprint density at radius 2 is 1.75 bits per heavy atom. The largest absolute Gasteiger partial charge is 0.138 e. The van der Waals surface area contributed by atoms with Crippen LogP contribution >= 0.6 is 9.24 Å². The highest BCUT2D eigenvalue weighted by Gasteiger charge is 1.98. The summed E-state index contributed by atoms with van der Waals surface area (Å²) in [5.41, 5.74) is 0. The number of rotatable bonds is 4. The van der Waals surface area contributed by atoms with E-state index in [9.17, 15) is 0 Å². The minimum atomic E-state index is 0.979.